The Morgan fingerprint density at radius 2 is 2.22 bits per heavy atom. The highest BCUT2D eigenvalue weighted by Crippen LogP contribution is 2.18. The number of carbonyl (C=O) groups excluding carboxylic acids is 1. The number of nitrogens with two attached hydrogens (primary N) is 1. The van der Waals surface area contributed by atoms with Gasteiger partial charge in [0.25, 0.3) is 0 Å². The zero-order valence-electron chi connectivity index (χ0n) is 11.3. The monoisotopic (exact) mass is 255 g/mol. The second kappa shape index (κ2) is 5.99. The number of amides is 1. The molecular formula is C13H25N3O2. The summed E-state index contributed by atoms with van der Waals surface area (Å²) in [4.78, 5) is 14.5. The van der Waals surface area contributed by atoms with Crippen LogP contribution in [0.1, 0.15) is 26.2 Å². The van der Waals surface area contributed by atoms with E-state index in [0.29, 0.717) is 25.6 Å². The number of carbonyl (C=O) groups is 1. The fourth-order valence-electron chi connectivity index (χ4n) is 2.68. The predicted molar refractivity (Wildman–Crippen MR) is 70.2 cm³/mol. The van der Waals surface area contributed by atoms with Gasteiger partial charge >= 0.3 is 0 Å². The van der Waals surface area contributed by atoms with Gasteiger partial charge in [-0.15, -0.1) is 0 Å². The highest BCUT2D eigenvalue weighted by molar-refractivity contribution is 5.86. The van der Waals surface area contributed by atoms with Crippen LogP contribution in [-0.2, 0) is 9.53 Å². The van der Waals surface area contributed by atoms with Gasteiger partial charge in [-0.3, -0.25) is 4.79 Å². The molecule has 2 heterocycles. The van der Waals surface area contributed by atoms with Crippen LogP contribution in [0.3, 0.4) is 0 Å². The van der Waals surface area contributed by atoms with Crippen LogP contribution >= 0.6 is 0 Å². The van der Waals surface area contributed by atoms with Crippen LogP contribution in [0.15, 0.2) is 0 Å². The zero-order valence-corrected chi connectivity index (χ0v) is 11.3. The Kier molecular flexibility index (Phi) is 4.59. The molecule has 2 saturated heterocycles. The Balaban J connectivity index is 1.70. The largest absolute Gasteiger partial charge is 0.379 e. The Labute approximate surface area is 109 Å². The molecule has 2 aliphatic rings. The second-order valence-corrected chi connectivity index (χ2v) is 5.55. The Morgan fingerprint density at radius 3 is 2.78 bits per heavy atom. The molecule has 1 amide bonds. The molecule has 0 saturated carbocycles. The van der Waals surface area contributed by atoms with Crippen molar-refractivity contribution in [1.29, 1.82) is 0 Å². The van der Waals surface area contributed by atoms with Crippen LogP contribution in [0, 0.1) is 5.92 Å². The first-order chi connectivity index (χ1) is 8.64. The van der Waals surface area contributed by atoms with E-state index in [0.717, 1.165) is 26.2 Å². The molecule has 18 heavy (non-hydrogen) atoms. The number of hydrogen-bond donors (Lipinski definition) is 2. The van der Waals surface area contributed by atoms with Crippen LogP contribution in [0.2, 0.25) is 0 Å². The molecule has 0 aromatic carbocycles. The number of hydrogen-bond acceptors (Lipinski definition) is 4. The van der Waals surface area contributed by atoms with Crippen LogP contribution in [0.5, 0.6) is 0 Å². The molecule has 2 rings (SSSR count). The quantitative estimate of drug-likeness (QED) is 0.739. The van der Waals surface area contributed by atoms with Gasteiger partial charge in [-0.05, 0) is 44.8 Å². The minimum atomic E-state index is -0.788. The van der Waals surface area contributed by atoms with E-state index in [-0.39, 0.29) is 5.91 Å². The molecule has 0 bridgehead atoms. The van der Waals surface area contributed by atoms with Gasteiger partial charge < -0.3 is 20.7 Å². The summed E-state index contributed by atoms with van der Waals surface area (Å²) in [7, 11) is 0. The molecule has 5 nitrogen and oxygen atoms in total. The lowest BCUT2D eigenvalue weighted by Crippen LogP contribution is -2.55. The first kappa shape index (κ1) is 13.8. The molecule has 2 aliphatic heterocycles. The lowest BCUT2D eigenvalue weighted by atomic mass is 9.95. The molecule has 0 aromatic heterocycles. The summed E-state index contributed by atoms with van der Waals surface area (Å²) >= 11 is 0. The maximum absolute atomic E-state index is 12.0. The number of rotatable bonds is 4. The van der Waals surface area contributed by atoms with E-state index >= 15 is 0 Å². The normalized spacial score (nSPS) is 30.6. The molecule has 5 heteroatoms. The van der Waals surface area contributed by atoms with Gasteiger partial charge in [-0.25, -0.2) is 0 Å². The Hall–Kier alpha value is -0.650. The molecule has 0 spiro atoms. The van der Waals surface area contributed by atoms with Crippen LogP contribution < -0.4 is 11.1 Å². The number of piperidine rings is 1. The lowest BCUT2D eigenvalue weighted by molar-refractivity contribution is -0.126. The van der Waals surface area contributed by atoms with Gasteiger partial charge in [0.15, 0.2) is 0 Å². The van der Waals surface area contributed by atoms with E-state index in [2.05, 4.69) is 17.1 Å². The van der Waals surface area contributed by atoms with Gasteiger partial charge in [0.1, 0.15) is 5.54 Å². The predicted octanol–water partition coefficient (Wildman–Crippen LogP) is -0.0477. The van der Waals surface area contributed by atoms with Crippen molar-refractivity contribution >= 4 is 5.91 Å². The maximum atomic E-state index is 12.0. The minimum Gasteiger partial charge on any atom is -0.379 e. The van der Waals surface area contributed by atoms with E-state index < -0.39 is 5.54 Å². The van der Waals surface area contributed by atoms with Gasteiger partial charge in [-0.2, -0.15) is 0 Å². The van der Waals surface area contributed by atoms with Crippen LogP contribution in [0.25, 0.3) is 0 Å². The van der Waals surface area contributed by atoms with E-state index in [1.54, 1.807) is 0 Å². The van der Waals surface area contributed by atoms with Crippen molar-refractivity contribution in [2.24, 2.45) is 11.7 Å². The van der Waals surface area contributed by atoms with E-state index in [1.165, 1.54) is 12.8 Å². The molecule has 1 atom stereocenters. The smallest absolute Gasteiger partial charge is 0.242 e. The van der Waals surface area contributed by atoms with E-state index in [1.807, 2.05) is 0 Å². The van der Waals surface area contributed by atoms with Gasteiger partial charge in [0.05, 0.1) is 6.61 Å². The average molecular weight is 255 g/mol. The summed E-state index contributed by atoms with van der Waals surface area (Å²) in [5.74, 6) is 0.556. The third kappa shape index (κ3) is 3.22. The van der Waals surface area contributed by atoms with E-state index in [9.17, 15) is 4.79 Å². The van der Waals surface area contributed by atoms with Crippen LogP contribution in [0.4, 0.5) is 0 Å². The summed E-state index contributed by atoms with van der Waals surface area (Å²) in [6.45, 7) is 7.33. The number of nitrogens with zero attached hydrogens (tertiary/aromatic N) is 1. The third-order valence-corrected chi connectivity index (χ3v) is 4.21. The minimum absolute atomic E-state index is 0.0436. The first-order valence-corrected chi connectivity index (χ1v) is 7.01. The van der Waals surface area contributed by atoms with Gasteiger partial charge in [-0.1, -0.05) is 6.92 Å². The maximum Gasteiger partial charge on any atom is 0.242 e. The van der Waals surface area contributed by atoms with Crippen LogP contribution in [-0.4, -0.2) is 55.7 Å². The lowest BCUT2D eigenvalue weighted by Gasteiger charge is -2.31. The number of ether oxygens (including phenoxy) is 1. The van der Waals surface area contributed by atoms with Crippen molar-refractivity contribution in [2.45, 2.75) is 31.7 Å². The second-order valence-electron chi connectivity index (χ2n) is 5.55. The Morgan fingerprint density at radius 1 is 1.50 bits per heavy atom. The fraction of sp³-hybridized carbons (Fsp3) is 0.923. The van der Waals surface area contributed by atoms with E-state index in [4.69, 9.17) is 10.5 Å². The SMILES string of the molecule is CCN1CCC(CNC(=O)C2(N)CCOC2)CC1. The number of nitrogens with one attached hydrogen (secondary N) is 1. The Bertz CT molecular complexity index is 282. The van der Waals surface area contributed by atoms with Crippen molar-refractivity contribution in [2.75, 3.05) is 39.4 Å². The summed E-state index contributed by atoms with van der Waals surface area (Å²) in [6.07, 6.45) is 2.97. The molecule has 3 N–H and O–H groups in total. The van der Waals surface area contributed by atoms with Crippen molar-refractivity contribution in [3.8, 4) is 0 Å². The third-order valence-electron chi connectivity index (χ3n) is 4.21. The highest BCUT2D eigenvalue weighted by Gasteiger charge is 2.38. The average Bonchev–Trinajstić information content (AvgIpc) is 2.85. The molecule has 0 aromatic rings. The number of likely N-dealkylation sites (tertiary alicyclic amines) is 1. The summed E-state index contributed by atoms with van der Waals surface area (Å²) < 4.78 is 5.21. The molecule has 104 valence electrons. The first-order valence-electron chi connectivity index (χ1n) is 7.01. The summed E-state index contributed by atoms with van der Waals surface area (Å²) in [5, 5.41) is 3.01. The summed E-state index contributed by atoms with van der Waals surface area (Å²) in [5.41, 5.74) is 5.23. The molecule has 0 aliphatic carbocycles. The van der Waals surface area contributed by atoms with Crippen molar-refractivity contribution in [3.05, 3.63) is 0 Å². The molecule has 0 radical (unpaired) electrons. The fourth-order valence-corrected chi connectivity index (χ4v) is 2.68. The van der Waals surface area contributed by atoms with Crippen molar-refractivity contribution in [1.82, 2.24) is 10.2 Å². The van der Waals surface area contributed by atoms with Gasteiger partial charge in [0, 0.05) is 13.2 Å². The zero-order chi connectivity index (χ0) is 13.0. The highest BCUT2D eigenvalue weighted by atomic mass is 16.5. The van der Waals surface area contributed by atoms with Crippen molar-refractivity contribution < 1.29 is 9.53 Å². The standard InChI is InChI=1S/C13H25N3O2/c1-2-16-6-3-11(4-7-16)9-15-12(17)13(14)5-8-18-10-13/h11H,2-10,14H2,1H3,(H,15,17). The molecule has 1 unspecified atom stereocenters. The van der Waals surface area contributed by atoms with Crippen molar-refractivity contribution in [3.63, 3.8) is 0 Å². The molecule has 2 fully saturated rings. The topological polar surface area (TPSA) is 67.6 Å². The van der Waals surface area contributed by atoms with Gasteiger partial charge in [0.2, 0.25) is 5.91 Å². The summed E-state index contributed by atoms with van der Waals surface area (Å²) in [6, 6.07) is 0. The molecular weight excluding hydrogens is 230 g/mol.